The molecular formula is C21H28N2O3S. The van der Waals surface area contributed by atoms with Gasteiger partial charge in [0, 0.05) is 5.56 Å². The second-order valence-corrected chi connectivity index (χ2v) is 9.72. The molecule has 1 amide bonds. The van der Waals surface area contributed by atoms with Crippen LogP contribution in [0.15, 0.2) is 42.5 Å². The predicted molar refractivity (Wildman–Crippen MR) is 111 cm³/mol. The van der Waals surface area contributed by atoms with Crippen LogP contribution in [0.4, 0.5) is 5.69 Å². The zero-order chi connectivity index (χ0) is 20.4. The summed E-state index contributed by atoms with van der Waals surface area (Å²) in [6.07, 6.45) is 1.10. The molecule has 0 fully saturated rings. The third-order valence-corrected chi connectivity index (χ3v) is 5.00. The first-order valence-corrected chi connectivity index (χ1v) is 10.8. The minimum absolute atomic E-state index is 0.0876. The summed E-state index contributed by atoms with van der Waals surface area (Å²) >= 11 is 0. The van der Waals surface area contributed by atoms with Crippen LogP contribution in [0, 0.1) is 6.92 Å². The smallest absolute Gasteiger partial charge is 0.251 e. The van der Waals surface area contributed by atoms with Crippen molar-refractivity contribution in [2.45, 2.75) is 46.1 Å². The van der Waals surface area contributed by atoms with Crippen molar-refractivity contribution in [3.8, 4) is 0 Å². The van der Waals surface area contributed by atoms with Gasteiger partial charge in [-0.2, -0.15) is 0 Å². The van der Waals surface area contributed by atoms with E-state index >= 15 is 0 Å². The fourth-order valence-electron chi connectivity index (χ4n) is 2.75. The molecule has 0 saturated carbocycles. The standard InChI is InChI=1S/C21H28N2O3S/c1-14-13-17(9-12-19(14)23-27(6,25)26)20(24)22-15(2)16-7-10-18(11-8-16)21(3,4)5/h7-13,15,23H,1-6H3,(H,22,24). The van der Waals surface area contributed by atoms with E-state index in [0.29, 0.717) is 16.8 Å². The zero-order valence-electron chi connectivity index (χ0n) is 16.8. The van der Waals surface area contributed by atoms with Gasteiger partial charge in [0.2, 0.25) is 10.0 Å². The molecule has 0 aliphatic rings. The van der Waals surface area contributed by atoms with Crippen molar-refractivity contribution in [3.63, 3.8) is 0 Å². The van der Waals surface area contributed by atoms with E-state index in [0.717, 1.165) is 11.8 Å². The Bertz CT molecular complexity index is 927. The van der Waals surface area contributed by atoms with E-state index in [1.807, 2.05) is 19.1 Å². The Labute approximate surface area is 162 Å². The van der Waals surface area contributed by atoms with E-state index in [2.05, 4.69) is 42.9 Å². The first-order chi connectivity index (χ1) is 12.4. The van der Waals surface area contributed by atoms with E-state index in [1.165, 1.54) is 5.56 Å². The molecule has 0 aromatic heterocycles. The van der Waals surface area contributed by atoms with Crippen LogP contribution in [-0.4, -0.2) is 20.6 Å². The van der Waals surface area contributed by atoms with Gasteiger partial charge in [0.15, 0.2) is 0 Å². The lowest BCUT2D eigenvalue weighted by molar-refractivity contribution is 0.0940. The van der Waals surface area contributed by atoms with Gasteiger partial charge < -0.3 is 5.32 Å². The van der Waals surface area contributed by atoms with Crippen LogP contribution in [0.25, 0.3) is 0 Å². The Kier molecular flexibility index (Phi) is 6.00. The van der Waals surface area contributed by atoms with Gasteiger partial charge in [-0.05, 0) is 54.2 Å². The van der Waals surface area contributed by atoms with Gasteiger partial charge in [-0.1, -0.05) is 45.0 Å². The maximum absolute atomic E-state index is 12.6. The third kappa shape index (κ3) is 5.82. The molecule has 2 aromatic carbocycles. The van der Waals surface area contributed by atoms with Gasteiger partial charge in [-0.3, -0.25) is 9.52 Å². The van der Waals surface area contributed by atoms with Crippen molar-refractivity contribution < 1.29 is 13.2 Å². The van der Waals surface area contributed by atoms with E-state index in [9.17, 15) is 13.2 Å². The van der Waals surface area contributed by atoms with Gasteiger partial charge in [0.1, 0.15) is 0 Å². The summed E-state index contributed by atoms with van der Waals surface area (Å²) in [7, 11) is -3.35. The molecule has 27 heavy (non-hydrogen) atoms. The van der Waals surface area contributed by atoms with E-state index in [1.54, 1.807) is 25.1 Å². The van der Waals surface area contributed by atoms with E-state index in [4.69, 9.17) is 0 Å². The lowest BCUT2D eigenvalue weighted by Gasteiger charge is -2.21. The quantitative estimate of drug-likeness (QED) is 0.808. The molecule has 2 N–H and O–H groups in total. The zero-order valence-corrected chi connectivity index (χ0v) is 17.6. The normalized spacial score (nSPS) is 13.1. The summed E-state index contributed by atoms with van der Waals surface area (Å²) in [4.78, 5) is 12.6. The highest BCUT2D eigenvalue weighted by Crippen LogP contribution is 2.24. The Morgan fingerprint density at radius 2 is 1.63 bits per heavy atom. The fraction of sp³-hybridized carbons (Fsp3) is 0.381. The number of carbonyl (C=O) groups is 1. The van der Waals surface area contributed by atoms with Crippen molar-refractivity contribution in [3.05, 3.63) is 64.7 Å². The molecule has 0 heterocycles. The molecule has 0 saturated heterocycles. The van der Waals surface area contributed by atoms with Crippen LogP contribution in [0.1, 0.15) is 60.8 Å². The van der Waals surface area contributed by atoms with Crippen molar-refractivity contribution in [2.75, 3.05) is 11.0 Å². The Balaban J connectivity index is 2.11. The highest BCUT2D eigenvalue weighted by atomic mass is 32.2. The van der Waals surface area contributed by atoms with Crippen molar-refractivity contribution in [2.24, 2.45) is 0 Å². The fourth-order valence-corrected chi connectivity index (χ4v) is 3.38. The van der Waals surface area contributed by atoms with E-state index < -0.39 is 10.0 Å². The molecule has 0 aliphatic carbocycles. The number of nitrogens with one attached hydrogen (secondary N) is 2. The van der Waals surface area contributed by atoms with Gasteiger partial charge in [-0.15, -0.1) is 0 Å². The predicted octanol–water partition coefficient (Wildman–Crippen LogP) is 4.16. The highest BCUT2D eigenvalue weighted by Gasteiger charge is 2.16. The molecule has 5 nitrogen and oxygen atoms in total. The van der Waals surface area contributed by atoms with Gasteiger partial charge in [0.05, 0.1) is 18.0 Å². The summed E-state index contributed by atoms with van der Waals surface area (Å²) in [6.45, 7) is 10.2. The number of anilines is 1. The average Bonchev–Trinajstić information content (AvgIpc) is 2.54. The molecule has 2 rings (SSSR count). The van der Waals surface area contributed by atoms with Crippen molar-refractivity contribution in [1.29, 1.82) is 0 Å². The molecule has 1 unspecified atom stereocenters. The maximum atomic E-state index is 12.6. The maximum Gasteiger partial charge on any atom is 0.251 e. The Morgan fingerprint density at radius 1 is 1.04 bits per heavy atom. The second kappa shape index (κ2) is 7.72. The van der Waals surface area contributed by atoms with Crippen LogP contribution in [-0.2, 0) is 15.4 Å². The van der Waals surface area contributed by atoms with Crippen LogP contribution in [0.3, 0.4) is 0 Å². The number of amides is 1. The van der Waals surface area contributed by atoms with Crippen molar-refractivity contribution >= 4 is 21.6 Å². The summed E-state index contributed by atoms with van der Waals surface area (Å²) in [5, 5.41) is 2.99. The Morgan fingerprint density at radius 3 is 2.11 bits per heavy atom. The monoisotopic (exact) mass is 388 g/mol. The van der Waals surface area contributed by atoms with Gasteiger partial charge in [0.25, 0.3) is 5.91 Å². The highest BCUT2D eigenvalue weighted by molar-refractivity contribution is 7.92. The van der Waals surface area contributed by atoms with Crippen LogP contribution >= 0.6 is 0 Å². The summed E-state index contributed by atoms with van der Waals surface area (Å²) in [6, 6.07) is 13.0. The van der Waals surface area contributed by atoms with Gasteiger partial charge in [-0.25, -0.2) is 8.42 Å². The molecule has 2 aromatic rings. The first-order valence-electron chi connectivity index (χ1n) is 8.86. The number of aryl methyl sites for hydroxylation is 1. The molecule has 0 radical (unpaired) electrons. The number of carbonyl (C=O) groups excluding carboxylic acids is 1. The number of hydrogen-bond donors (Lipinski definition) is 2. The molecule has 0 bridgehead atoms. The van der Waals surface area contributed by atoms with E-state index in [-0.39, 0.29) is 17.4 Å². The molecule has 146 valence electrons. The summed E-state index contributed by atoms with van der Waals surface area (Å²) in [5.41, 5.74) is 4.02. The largest absolute Gasteiger partial charge is 0.346 e. The SMILES string of the molecule is Cc1cc(C(=O)NC(C)c2ccc(C(C)(C)C)cc2)ccc1NS(C)(=O)=O. The Hall–Kier alpha value is -2.34. The number of benzene rings is 2. The lowest BCUT2D eigenvalue weighted by Crippen LogP contribution is -2.27. The topological polar surface area (TPSA) is 75.3 Å². The summed E-state index contributed by atoms with van der Waals surface area (Å²) in [5.74, 6) is -0.198. The molecule has 6 heteroatoms. The number of rotatable bonds is 5. The number of sulfonamides is 1. The van der Waals surface area contributed by atoms with Crippen LogP contribution < -0.4 is 10.0 Å². The molecule has 0 aliphatic heterocycles. The van der Waals surface area contributed by atoms with Crippen LogP contribution in [0.5, 0.6) is 0 Å². The molecular weight excluding hydrogens is 360 g/mol. The second-order valence-electron chi connectivity index (χ2n) is 7.97. The minimum atomic E-state index is -3.35. The molecule has 1 atom stereocenters. The first kappa shape index (κ1) is 21.0. The van der Waals surface area contributed by atoms with Gasteiger partial charge >= 0.3 is 0 Å². The lowest BCUT2D eigenvalue weighted by atomic mass is 9.86. The molecule has 0 spiro atoms. The number of hydrogen-bond acceptors (Lipinski definition) is 3. The average molecular weight is 389 g/mol. The minimum Gasteiger partial charge on any atom is -0.346 e. The third-order valence-electron chi connectivity index (χ3n) is 4.41. The van der Waals surface area contributed by atoms with Crippen LogP contribution in [0.2, 0.25) is 0 Å². The van der Waals surface area contributed by atoms with Crippen molar-refractivity contribution in [1.82, 2.24) is 5.32 Å². The summed E-state index contributed by atoms with van der Waals surface area (Å²) < 4.78 is 25.2.